The van der Waals surface area contributed by atoms with E-state index in [1.54, 1.807) is 0 Å². The zero-order chi connectivity index (χ0) is 29.1. The second-order valence-corrected chi connectivity index (χ2v) is 12.9. The molecule has 0 spiro atoms. The van der Waals surface area contributed by atoms with E-state index in [9.17, 15) is 15.3 Å². The van der Waals surface area contributed by atoms with E-state index in [1.165, 1.54) is 89.9 Å². The molecule has 0 saturated carbocycles. The molecule has 0 aromatic rings. The fourth-order valence-electron chi connectivity index (χ4n) is 5.46. The van der Waals surface area contributed by atoms with Gasteiger partial charge in [0, 0.05) is 32.7 Å². The van der Waals surface area contributed by atoms with Crippen molar-refractivity contribution in [1.29, 1.82) is 0 Å². The van der Waals surface area contributed by atoms with Crippen molar-refractivity contribution >= 4 is 0 Å². The Morgan fingerprint density at radius 1 is 0.436 bits per heavy atom. The molecule has 39 heavy (non-hydrogen) atoms. The van der Waals surface area contributed by atoms with Crippen LogP contribution in [0.25, 0.3) is 0 Å². The normalized spacial score (nSPS) is 14.5. The zero-order valence-corrected chi connectivity index (χ0v) is 27.2. The molecule has 3 atom stereocenters. The first-order valence-electron chi connectivity index (χ1n) is 17.3. The van der Waals surface area contributed by atoms with E-state index in [0.717, 1.165) is 58.3 Å². The summed E-state index contributed by atoms with van der Waals surface area (Å²) in [5, 5.41) is 31.6. The van der Waals surface area contributed by atoms with Crippen LogP contribution >= 0.6 is 0 Å². The maximum absolute atomic E-state index is 10.8. The Morgan fingerprint density at radius 3 is 1.23 bits per heavy atom. The number of aliphatic hydroxyl groups is 3. The van der Waals surface area contributed by atoms with Crippen molar-refractivity contribution in [3.63, 3.8) is 0 Å². The zero-order valence-electron chi connectivity index (χ0n) is 27.2. The number of nitrogens with zero attached hydrogens (tertiary/aromatic N) is 2. The first-order chi connectivity index (χ1) is 18.8. The minimum atomic E-state index is -0.406. The topological polar surface area (TPSA) is 67.2 Å². The standard InChI is InChI=1S/C34H72N2O3/c1-6-8-10-12-14-16-18-20-22-33(38)29-35(25-24-31(3)4)26-27-36(28-32(5)37)30-34(39)23-21-19-17-15-13-11-9-7-2/h31-34,37-39H,6-30H2,1-5H3. The molecule has 0 aliphatic rings. The van der Waals surface area contributed by atoms with Crippen molar-refractivity contribution < 1.29 is 15.3 Å². The molecule has 0 rings (SSSR count). The summed E-state index contributed by atoms with van der Waals surface area (Å²) in [4.78, 5) is 4.64. The molecule has 0 aliphatic heterocycles. The molecule has 0 aromatic carbocycles. The van der Waals surface area contributed by atoms with Crippen LogP contribution in [0.5, 0.6) is 0 Å². The van der Waals surface area contributed by atoms with Crippen LogP contribution in [-0.4, -0.2) is 82.7 Å². The van der Waals surface area contributed by atoms with E-state index >= 15 is 0 Å². The van der Waals surface area contributed by atoms with Gasteiger partial charge in [0.25, 0.3) is 0 Å². The van der Waals surface area contributed by atoms with Crippen LogP contribution in [0.2, 0.25) is 0 Å². The lowest BCUT2D eigenvalue weighted by Gasteiger charge is -2.31. The fraction of sp³-hybridized carbons (Fsp3) is 1.00. The molecule has 0 aromatic heterocycles. The summed E-state index contributed by atoms with van der Waals surface area (Å²) in [6, 6.07) is 0. The first kappa shape index (κ1) is 38.8. The quantitative estimate of drug-likeness (QED) is 0.0788. The van der Waals surface area contributed by atoms with Gasteiger partial charge in [0.1, 0.15) is 0 Å². The summed E-state index contributed by atoms with van der Waals surface area (Å²) in [6.45, 7) is 15.5. The Hall–Kier alpha value is -0.200. The van der Waals surface area contributed by atoms with Crippen LogP contribution in [-0.2, 0) is 0 Å². The largest absolute Gasteiger partial charge is 0.392 e. The highest BCUT2D eigenvalue weighted by atomic mass is 16.3. The Bertz CT molecular complexity index is 489. The Balaban J connectivity index is 4.46. The van der Waals surface area contributed by atoms with E-state index in [2.05, 4.69) is 37.5 Å². The van der Waals surface area contributed by atoms with Crippen molar-refractivity contribution in [2.75, 3.05) is 39.3 Å². The number of rotatable bonds is 30. The highest BCUT2D eigenvalue weighted by molar-refractivity contribution is 4.72. The van der Waals surface area contributed by atoms with Crippen molar-refractivity contribution in [2.24, 2.45) is 5.92 Å². The lowest BCUT2D eigenvalue weighted by molar-refractivity contribution is 0.0549. The monoisotopic (exact) mass is 557 g/mol. The van der Waals surface area contributed by atoms with Crippen molar-refractivity contribution in [3.8, 4) is 0 Å². The van der Waals surface area contributed by atoms with Crippen molar-refractivity contribution in [2.45, 2.75) is 175 Å². The van der Waals surface area contributed by atoms with Crippen LogP contribution in [0.1, 0.15) is 157 Å². The van der Waals surface area contributed by atoms with Gasteiger partial charge in [-0.15, -0.1) is 0 Å². The maximum atomic E-state index is 10.8. The molecule has 3 unspecified atom stereocenters. The molecule has 0 radical (unpaired) electrons. The lowest BCUT2D eigenvalue weighted by Crippen LogP contribution is -2.44. The SMILES string of the molecule is CCCCCCCCCCC(O)CN(CCC(C)C)CCN(CC(C)O)CC(O)CCCCCCCCCC. The van der Waals surface area contributed by atoms with Gasteiger partial charge in [-0.2, -0.15) is 0 Å². The van der Waals surface area contributed by atoms with Gasteiger partial charge in [-0.25, -0.2) is 0 Å². The predicted molar refractivity (Wildman–Crippen MR) is 170 cm³/mol. The number of hydrogen-bond donors (Lipinski definition) is 3. The molecule has 0 heterocycles. The highest BCUT2D eigenvalue weighted by Crippen LogP contribution is 2.14. The van der Waals surface area contributed by atoms with Crippen LogP contribution < -0.4 is 0 Å². The number of hydrogen-bond acceptors (Lipinski definition) is 5. The summed E-state index contributed by atoms with van der Waals surface area (Å²) in [7, 11) is 0. The maximum Gasteiger partial charge on any atom is 0.0667 e. The molecular weight excluding hydrogens is 484 g/mol. The Kier molecular flexibility index (Phi) is 27.8. The van der Waals surface area contributed by atoms with Crippen LogP contribution in [0.4, 0.5) is 0 Å². The van der Waals surface area contributed by atoms with E-state index in [4.69, 9.17) is 0 Å². The van der Waals surface area contributed by atoms with Gasteiger partial charge in [-0.3, -0.25) is 9.80 Å². The summed E-state index contributed by atoms with van der Waals surface area (Å²) in [5.74, 6) is 0.638. The summed E-state index contributed by atoms with van der Waals surface area (Å²) in [6.07, 6.45) is 22.5. The van der Waals surface area contributed by atoms with E-state index in [1.807, 2.05) is 6.92 Å². The van der Waals surface area contributed by atoms with Gasteiger partial charge in [-0.05, 0) is 38.6 Å². The molecular formula is C34H72N2O3. The summed E-state index contributed by atoms with van der Waals surface area (Å²) < 4.78 is 0. The van der Waals surface area contributed by atoms with Crippen LogP contribution in [0, 0.1) is 5.92 Å². The molecule has 236 valence electrons. The van der Waals surface area contributed by atoms with Gasteiger partial charge in [0.2, 0.25) is 0 Å². The van der Waals surface area contributed by atoms with Gasteiger partial charge in [0.15, 0.2) is 0 Å². The van der Waals surface area contributed by atoms with Gasteiger partial charge < -0.3 is 15.3 Å². The molecule has 0 aliphatic carbocycles. The molecule has 5 nitrogen and oxygen atoms in total. The smallest absolute Gasteiger partial charge is 0.0667 e. The fourth-order valence-corrected chi connectivity index (χ4v) is 5.46. The molecule has 3 N–H and O–H groups in total. The lowest BCUT2D eigenvalue weighted by atomic mass is 10.0. The van der Waals surface area contributed by atoms with Gasteiger partial charge in [-0.1, -0.05) is 130 Å². The second-order valence-electron chi connectivity index (χ2n) is 12.9. The van der Waals surface area contributed by atoms with Crippen molar-refractivity contribution in [3.05, 3.63) is 0 Å². The van der Waals surface area contributed by atoms with Crippen LogP contribution in [0.3, 0.4) is 0 Å². The first-order valence-corrected chi connectivity index (χ1v) is 17.3. The highest BCUT2D eigenvalue weighted by Gasteiger charge is 2.17. The average molecular weight is 557 g/mol. The third kappa shape index (κ3) is 27.7. The molecule has 0 fully saturated rings. The van der Waals surface area contributed by atoms with Gasteiger partial charge >= 0.3 is 0 Å². The van der Waals surface area contributed by atoms with Crippen molar-refractivity contribution in [1.82, 2.24) is 9.80 Å². The molecule has 0 bridgehead atoms. The minimum Gasteiger partial charge on any atom is -0.392 e. The average Bonchev–Trinajstić information content (AvgIpc) is 2.88. The Morgan fingerprint density at radius 2 is 0.821 bits per heavy atom. The predicted octanol–water partition coefficient (Wildman–Crippen LogP) is 7.80. The van der Waals surface area contributed by atoms with Crippen LogP contribution in [0.15, 0.2) is 0 Å². The molecule has 5 heteroatoms. The third-order valence-electron chi connectivity index (χ3n) is 8.00. The van der Waals surface area contributed by atoms with E-state index in [-0.39, 0.29) is 12.2 Å². The third-order valence-corrected chi connectivity index (χ3v) is 8.00. The van der Waals surface area contributed by atoms with Gasteiger partial charge in [0.05, 0.1) is 18.3 Å². The Labute approximate surface area is 245 Å². The number of unbranched alkanes of at least 4 members (excludes halogenated alkanes) is 14. The van der Waals surface area contributed by atoms with E-state index in [0.29, 0.717) is 19.0 Å². The summed E-state index contributed by atoms with van der Waals surface area (Å²) in [5.41, 5.74) is 0. The molecule has 0 amide bonds. The summed E-state index contributed by atoms with van der Waals surface area (Å²) >= 11 is 0. The second kappa shape index (κ2) is 27.9. The van der Waals surface area contributed by atoms with E-state index < -0.39 is 6.10 Å². The molecule has 0 saturated heterocycles. The minimum absolute atomic E-state index is 0.268. The number of aliphatic hydroxyl groups excluding tert-OH is 3.